The molecule has 0 unspecified atom stereocenters. The van der Waals surface area contributed by atoms with Gasteiger partial charge < -0.3 is 4.42 Å². The molecule has 2 aromatic heterocycles. The molecule has 0 aliphatic heterocycles. The van der Waals surface area contributed by atoms with Crippen LogP contribution in [-0.2, 0) is 0 Å². The minimum absolute atomic E-state index is 0.189. The molecule has 1 amide bonds. The SMILES string of the molecule is CC(C)c1nnc(NC(=O)c2ncoc2-c2ccc(Cl)cc2)s1. The summed E-state index contributed by atoms with van der Waals surface area (Å²) in [6, 6.07) is 6.98. The molecule has 0 saturated heterocycles. The summed E-state index contributed by atoms with van der Waals surface area (Å²) in [6.45, 7) is 4.03. The van der Waals surface area contributed by atoms with Crippen molar-refractivity contribution in [1.29, 1.82) is 0 Å². The van der Waals surface area contributed by atoms with E-state index in [1.54, 1.807) is 24.3 Å². The fourth-order valence-corrected chi connectivity index (χ4v) is 2.76. The topological polar surface area (TPSA) is 80.9 Å². The van der Waals surface area contributed by atoms with Crippen molar-refractivity contribution in [3.05, 3.63) is 46.4 Å². The number of hydrogen-bond acceptors (Lipinski definition) is 6. The van der Waals surface area contributed by atoms with E-state index < -0.39 is 5.91 Å². The van der Waals surface area contributed by atoms with Gasteiger partial charge in [0.05, 0.1) is 0 Å². The quantitative estimate of drug-likeness (QED) is 0.763. The third-order valence-corrected chi connectivity index (χ3v) is 4.44. The molecule has 0 atom stereocenters. The van der Waals surface area contributed by atoms with Gasteiger partial charge >= 0.3 is 0 Å². The third kappa shape index (κ3) is 3.40. The van der Waals surface area contributed by atoms with Crippen LogP contribution in [0, 0.1) is 0 Å². The zero-order valence-electron chi connectivity index (χ0n) is 12.4. The molecule has 2 heterocycles. The van der Waals surface area contributed by atoms with Crippen LogP contribution in [0.1, 0.15) is 35.3 Å². The van der Waals surface area contributed by atoms with Crippen LogP contribution in [0.4, 0.5) is 5.13 Å². The molecule has 1 N–H and O–H groups in total. The zero-order chi connectivity index (χ0) is 16.4. The molecule has 23 heavy (non-hydrogen) atoms. The Kier molecular flexibility index (Phi) is 4.40. The number of oxazole rings is 1. The first-order valence-electron chi connectivity index (χ1n) is 6.88. The maximum Gasteiger partial charge on any atom is 0.280 e. The van der Waals surface area contributed by atoms with E-state index in [9.17, 15) is 4.79 Å². The van der Waals surface area contributed by atoms with Gasteiger partial charge in [0.25, 0.3) is 5.91 Å². The average molecular weight is 349 g/mol. The molecule has 0 spiro atoms. The molecule has 118 valence electrons. The molecule has 0 radical (unpaired) electrons. The van der Waals surface area contributed by atoms with Crippen molar-refractivity contribution < 1.29 is 9.21 Å². The smallest absolute Gasteiger partial charge is 0.280 e. The van der Waals surface area contributed by atoms with Gasteiger partial charge in [-0.1, -0.05) is 36.8 Å². The summed E-state index contributed by atoms with van der Waals surface area (Å²) >= 11 is 7.21. The number of rotatable bonds is 4. The first kappa shape index (κ1) is 15.6. The second kappa shape index (κ2) is 6.47. The van der Waals surface area contributed by atoms with Gasteiger partial charge in [-0.15, -0.1) is 10.2 Å². The number of nitrogens with one attached hydrogen (secondary N) is 1. The van der Waals surface area contributed by atoms with Crippen molar-refractivity contribution in [2.45, 2.75) is 19.8 Å². The third-order valence-electron chi connectivity index (χ3n) is 3.04. The Morgan fingerprint density at radius 2 is 2.00 bits per heavy atom. The molecule has 0 aliphatic rings. The fraction of sp³-hybridized carbons (Fsp3) is 0.200. The summed E-state index contributed by atoms with van der Waals surface area (Å²) in [5.74, 6) is 0.248. The van der Waals surface area contributed by atoms with Crippen molar-refractivity contribution in [2.75, 3.05) is 5.32 Å². The largest absolute Gasteiger partial charge is 0.443 e. The number of carbonyl (C=O) groups excluding carboxylic acids is 1. The van der Waals surface area contributed by atoms with E-state index in [2.05, 4.69) is 20.5 Å². The Balaban J connectivity index is 1.83. The summed E-state index contributed by atoms with van der Waals surface area (Å²) in [7, 11) is 0. The minimum atomic E-state index is -0.393. The summed E-state index contributed by atoms with van der Waals surface area (Å²) < 4.78 is 5.35. The molecule has 0 bridgehead atoms. The lowest BCUT2D eigenvalue weighted by Crippen LogP contribution is -2.13. The lowest BCUT2D eigenvalue weighted by molar-refractivity contribution is 0.102. The number of hydrogen-bond donors (Lipinski definition) is 1. The maximum atomic E-state index is 12.4. The number of carbonyl (C=O) groups is 1. The van der Waals surface area contributed by atoms with E-state index in [1.165, 1.54) is 17.7 Å². The number of anilines is 1. The van der Waals surface area contributed by atoms with Crippen LogP contribution in [-0.4, -0.2) is 21.1 Å². The number of halogens is 1. The van der Waals surface area contributed by atoms with Crippen molar-refractivity contribution in [3.8, 4) is 11.3 Å². The van der Waals surface area contributed by atoms with E-state index in [1.807, 2.05) is 13.8 Å². The second-order valence-electron chi connectivity index (χ2n) is 5.09. The zero-order valence-corrected chi connectivity index (χ0v) is 14.0. The van der Waals surface area contributed by atoms with E-state index >= 15 is 0 Å². The van der Waals surface area contributed by atoms with E-state index in [0.29, 0.717) is 15.9 Å². The van der Waals surface area contributed by atoms with Gasteiger partial charge in [-0.2, -0.15) is 0 Å². The average Bonchev–Trinajstić information content (AvgIpc) is 3.16. The molecule has 1 aromatic carbocycles. The number of aromatic nitrogens is 3. The van der Waals surface area contributed by atoms with Crippen LogP contribution >= 0.6 is 22.9 Å². The van der Waals surface area contributed by atoms with Crippen molar-refractivity contribution >= 4 is 34.0 Å². The molecule has 6 nitrogen and oxygen atoms in total. The Bertz CT molecular complexity index is 826. The van der Waals surface area contributed by atoms with Crippen LogP contribution in [0.5, 0.6) is 0 Å². The lowest BCUT2D eigenvalue weighted by atomic mass is 10.1. The first-order chi connectivity index (χ1) is 11.0. The lowest BCUT2D eigenvalue weighted by Gasteiger charge is -2.01. The van der Waals surface area contributed by atoms with Gasteiger partial charge in [-0.05, 0) is 24.3 Å². The number of amides is 1. The second-order valence-corrected chi connectivity index (χ2v) is 6.54. The Morgan fingerprint density at radius 3 is 2.65 bits per heavy atom. The Hall–Kier alpha value is -2.25. The molecular formula is C15H13ClN4O2S. The van der Waals surface area contributed by atoms with Crippen LogP contribution < -0.4 is 5.32 Å². The molecular weight excluding hydrogens is 336 g/mol. The Morgan fingerprint density at radius 1 is 1.26 bits per heavy atom. The van der Waals surface area contributed by atoms with Gasteiger partial charge in [-0.3, -0.25) is 10.1 Å². The van der Waals surface area contributed by atoms with Crippen LogP contribution in [0.25, 0.3) is 11.3 Å². The monoisotopic (exact) mass is 348 g/mol. The highest BCUT2D eigenvalue weighted by atomic mass is 35.5. The number of nitrogens with zero attached hydrogens (tertiary/aromatic N) is 3. The standard InChI is InChI=1S/C15H13ClN4O2S/c1-8(2)14-19-20-15(23-14)18-13(21)11-12(22-7-17-11)9-3-5-10(16)6-4-9/h3-8H,1-2H3,(H,18,20,21). The summed E-state index contributed by atoms with van der Waals surface area (Å²) in [5.41, 5.74) is 0.908. The highest BCUT2D eigenvalue weighted by Crippen LogP contribution is 2.27. The summed E-state index contributed by atoms with van der Waals surface area (Å²) in [4.78, 5) is 16.4. The summed E-state index contributed by atoms with van der Waals surface area (Å²) in [5, 5.41) is 12.6. The molecule has 0 aliphatic carbocycles. The van der Waals surface area contributed by atoms with Gasteiger partial charge in [0.15, 0.2) is 17.8 Å². The maximum absolute atomic E-state index is 12.4. The van der Waals surface area contributed by atoms with E-state index in [-0.39, 0.29) is 11.6 Å². The van der Waals surface area contributed by atoms with Crippen LogP contribution in [0.3, 0.4) is 0 Å². The van der Waals surface area contributed by atoms with Gasteiger partial charge in [0.2, 0.25) is 5.13 Å². The van der Waals surface area contributed by atoms with E-state index in [4.69, 9.17) is 16.0 Å². The first-order valence-corrected chi connectivity index (χ1v) is 8.08. The van der Waals surface area contributed by atoms with Gasteiger partial charge in [0.1, 0.15) is 5.01 Å². The van der Waals surface area contributed by atoms with Crippen molar-refractivity contribution in [2.24, 2.45) is 0 Å². The molecule has 3 rings (SSSR count). The van der Waals surface area contributed by atoms with Crippen LogP contribution in [0.2, 0.25) is 5.02 Å². The van der Waals surface area contributed by atoms with Gasteiger partial charge in [-0.25, -0.2) is 4.98 Å². The Labute approximate surface area is 141 Å². The predicted molar refractivity (Wildman–Crippen MR) is 88.9 cm³/mol. The predicted octanol–water partition coefficient (Wildman–Crippen LogP) is 4.22. The molecule has 3 aromatic rings. The fourth-order valence-electron chi connectivity index (χ4n) is 1.89. The van der Waals surface area contributed by atoms with Crippen molar-refractivity contribution in [1.82, 2.24) is 15.2 Å². The highest BCUT2D eigenvalue weighted by molar-refractivity contribution is 7.15. The normalized spacial score (nSPS) is 11.0. The molecule has 8 heteroatoms. The van der Waals surface area contributed by atoms with E-state index in [0.717, 1.165) is 10.6 Å². The summed E-state index contributed by atoms with van der Waals surface area (Å²) in [6.07, 6.45) is 1.23. The van der Waals surface area contributed by atoms with Crippen molar-refractivity contribution in [3.63, 3.8) is 0 Å². The van der Waals surface area contributed by atoms with Gasteiger partial charge in [0, 0.05) is 16.5 Å². The molecule has 0 saturated carbocycles. The highest BCUT2D eigenvalue weighted by Gasteiger charge is 2.20. The minimum Gasteiger partial charge on any atom is -0.443 e. The molecule has 0 fully saturated rings. The number of benzene rings is 1. The van der Waals surface area contributed by atoms with Crippen LogP contribution in [0.15, 0.2) is 35.1 Å².